The molecule has 0 saturated heterocycles. The second kappa shape index (κ2) is 20.5. The number of rotatable bonds is 18. The lowest BCUT2D eigenvalue weighted by atomic mass is 9.88. The lowest BCUT2D eigenvalue weighted by Gasteiger charge is -2.28. The van der Waals surface area contributed by atoms with Crippen LogP contribution in [0.2, 0.25) is 0 Å². The second-order valence-electron chi connectivity index (χ2n) is 13.5. The Balaban J connectivity index is 1.53. The molecule has 4 aromatic rings. The van der Waals surface area contributed by atoms with Gasteiger partial charge in [0.15, 0.2) is 0 Å². The van der Waals surface area contributed by atoms with Crippen LogP contribution in [0.25, 0.3) is 0 Å². The summed E-state index contributed by atoms with van der Waals surface area (Å²) in [6, 6.07) is 34.4. The van der Waals surface area contributed by atoms with Crippen LogP contribution >= 0.6 is 0 Å². The lowest BCUT2D eigenvalue weighted by Crippen LogP contribution is -2.54. The first kappa shape index (κ1) is 39.5. The molecule has 0 fully saturated rings. The third-order valence-corrected chi connectivity index (χ3v) is 8.72. The van der Waals surface area contributed by atoms with Gasteiger partial charge in [-0.15, -0.1) is 0 Å². The number of hydrogen-bond acceptors (Lipinski definition) is 7. The number of aliphatic hydroxyl groups excluding tert-OH is 1. The van der Waals surface area contributed by atoms with Crippen molar-refractivity contribution in [1.82, 2.24) is 16.0 Å². The van der Waals surface area contributed by atoms with E-state index >= 15 is 0 Å². The minimum absolute atomic E-state index is 0.0467. The highest BCUT2D eigenvalue weighted by atomic mass is 16.5. The van der Waals surface area contributed by atoms with E-state index in [-0.39, 0.29) is 38.2 Å². The molecular weight excluding hydrogens is 656 g/mol. The van der Waals surface area contributed by atoms with Gasteiger partial charge < -0.3 is 26.2 Å². The van der Waals surface area contributed by atoms with E-state index in [0.717, 1.165) is 22.3 Å². The van der Waals surface area contributed by atoms with Gasteiger partial charge in [0, 0.05) is 12.3 Å². The summed E-state index contributed by atoms with van der Waals surface area (Å²) in [4.78, 5) is 53.8. The highest BCUT2D eigenvalue weighted by Gasteiger charge is 2.32. The van der Waals surface area contributed by atoms with E-state index in [4.69, 9.17) is 10.5 Å². The molecule has 4 aromatic carbocycles. The van der Waals surface area contributed by atoms with Crippen molar-refractivity contribution in [1.29, 1.82) is 0 Å². The second-order valence-corrected chi connectivity index (χ2v) is 13.5. The number of aliphatic hydroxyl groups is 1. The number of carbonyl (C=O) groups is 4. The Labute approximate surface area is 306 Å². The van der Waals surface area contributed by atoms with Crippen LogP contribution in [-0.4, -0.2) is 53.2 Å². The maximum atomic E-state index is 14.0. The molecule has 10 nitrogen and oxygen atoms in total. The van der Waals surface area contributed by atoms with Gasteiger partial charge >= 0.3 is 6.09 Å². The molecule has 0 spiro atoms. The Bertz CT molecular complexity index is 1690. The summed E-state index contributed by atoms with van der Waals surface area (Å²) in [5, 5.41) is 19.8. The summed E-state index contributed by atoms with van der Waals surface area (Å²) >= 11 is 0. The zero-order chi connectivity index (χ0) is 37.3. The van der Waals surface area contributed by atoms with Crippen LogP contribution in [0.5, 0.6) is 0 Å². The predicted molar refractivity (Wildman–Crippen MR) is 201 cm³/mol. The van der Waals surface area contributed by atoms with Crippen molar-refractivity contribution in [3.63, 3.8) is 0 Å². The summed E-state index contributed by atoms with van der Waals surface area (Å²) < 4.78 is 5.46. The molecule has 0 aliphatic carbocycles. The first-order valence-corrected chi connectivity index (χ1v) is 17.7. The average Bonchev–Trinajstić information content (AvgIpc) is 3.14. The fourth-order valence-electron chi connectivity index (χ4n) is 5.97. The van der Waals surface area contributed by atoms with Crippen molar-refractivity contribution in [3.05, 3.63) is 144 Å². The van der Waals surface area contributed by atoms with E-state index in [1.54, 1.807) is 0 Å². The van der Waals surface area contributed by atoms with Gasteiger partial charge in [0.2, 0.25) is 17.7 Å². The van der Waals surface area contributed by atoms with Crippen molar-refractivity contribution >= 4 is 23.8 Å². The quantitative estimate of drug-likeness (QED) is 0.0987. The van der Waals surface area contributed by atoms with E-state index in [0.29, 0.717) is 6.42 Å². The third-order valence-electron chi connectivity index (χ3n) is 8.72. The van der Waals surface area contributed by atoms with Crippen LogP contribution < -0.4 is 21.7 Å². The van der Waals surface area contributed by atoms with Crippen molar-refractivity contribution in [2.75, 3.05) is 0 Å². The number of ether oxygens (including phenoxy) is 1. The minimum Gasteiger partial charge on any atom is -0.445 e. The number of nitrogens with one attached hydrogen (secondary N) is 3. The number of benzene rings is 4. The maximum Gasteiger partial charge on any atom is 0.407 e. The Morgan fingerprint density at radius 3 is 1.62 bits per heavy atom. The molecule has 0 saturated carbocycles. The Hall–Kier alpha value is -5.32. The molecule has 5 atom stereocenters. The standard InChI is InChI=1S/C42H50N4O6/c1-29(2)23-35(43)40(49)44-37(26-32-19-11-5-12-20-32)41(50)46-39(48)34(24-30-15-7-3-8-16-30)27-38(47)36(25-31-17-9-4-10-18-31)45-42(51)52-28-33-21-13-6-14-22-33/h3-22,29,34-38,47H,23-28,43H2,1-2H3,(H,44,49)(H,45,51)(H,46,48,50)/t34-,35?,36+,37?,38+/m1/s1. The number of amides is 4. The number of hydrogen-bond donors (Lipinski definition) is 5. The van der Waals surface area contributed by atoms with Crippen LogP contribution in [0.15, 0.2) is 121 Å². The fraction of sp³-hybridized carbons (Fsp3) is 0.333. The summed E-state index contributed by atoms with van der Waals surface area (Å²) in [5.41, 5.74) is 9.43. The largest absolute Gasteiger partial charge is 0.445 e. The summed E-state index contributed by atoms with van der Waals surface area (Å²) in [5.74, 6) is -2.49. The predicted octanol–water partition coefficient (Wildman–Crippen LogP) is 4.88. The van der Waals surface area contributed by atoms with E-state index < -0.39 is 54.0 Å². The topological polar surface area (TPSA) is 160 Å². The zero-order valence-corrected chi connectivity index (χ0v) is 29.8. The van der Waals surface area contributed by atoms with Crippen LogP contribution in [0, 0.1) is 11.8 Å². The molecule has 6 N–H and O–H groups in total. The monoisotopic (exact) mass is 706 g/mol. The first-order valence-electron chi connectivity index (χ1n) is 17.7. The van der Waals surface area contributed by atoms with Crippen LogP contribution in [0.4, 0.5) is 4.79 Å². The molecule has 0 bridgehead atoms. The zero-order valence-electron chi connectivity index (χ0n) is 29.8. The smallest absolute Gasteiger partial charge is 0.407 e. The summed E-state index contributed by atoms with van der Waals surface area (Å²) in [7, 11) is 0. The van der Waals surface area contributed by atoms with Crippen molar-refractivity contribution < 1.29 is 29.0 Å². The van der Waals surface area contributed by atoms with E-state index in [1.165, 1.54) is 0 Å². The van der Waals surface area contributed by atoms with E-state index in [2.05, 4.69) is 16.0 Å². The fourth-order valence-corrected chi connectivity index (χ4v) is 5.97. The molecule has 274 valence electrons. The van der Waals surface area contributed by atoms with Gasteiger partial charge in [0.1, 0.15) is 12.6 Å². The maximum absolute atomic E-state index is 14.0. The number of nitrogens with two attached hydrogens (primary N) is 1. The van der Waals surface area contributed by atoms with Crippen LogP contribution in [0.3, 0.4) is 0 Å². The van der Waals surface area contributed by atoms with Gasteiger partial charge in [0.05, 0.1) is 18.2 Å². The average molecular weight is 707 g/mol. The highest BCUT2D eigenvalue weighted by molar-refractivity contribution is 6.00. The molecule has 0 radical (unpaired) electrons. The minimum atomic E-state index is -1.20. The van der Waals surface area contributed by atoms with Crippen LogP contribution in [0.1, 0.15) is 48.9 Å². The number of carbonyl (C=O) groups excluding carboxylic acids is 4. The highest BCUT2D eigenvalue weighted by Crippen LogP contribution is 2.20. The van der Waals surface area contributed by atoms with E-state index in [9.17, 15) is 24.3 Å². The lowest BCUT2D eigenvalue weighted by molar-refractivity contribution is -0.136. The van der Waals surface area contributed by atoms with Gasteiger partial charge in [-0.05, 0) is 53.9 Å². The molecule has 52 heavy (non-hydrogen) atoms. The van der Waals surface area contributed by atoms with Gasteiger partial charge in [-0.3, -0.25) is 19.7 Å². The molecule has 10 heteroatoms. The van der Waals surface area contributed by atoms with E-state index in [1.807, 2.05) is 135 Å². The Kier molecular flexibility index (Phi) is 15.6. The summed E-state index contributed by atoms with van der Waals surface area (Å²) in [6.45, 7) is 3.95. The van der Waals surface area contributed by atoms with Gasteiger partial charge in [-0.2, -0.15) is 0 Å². The first-order chi connectivity index (χ1) is 25.1. The van der Waals surface area contributed by atoms with Crippen molar-refractivity contribution in [2.24, 2.45) is 17.6 Å². The van der Waals surface area contributed by atoms with Gasteiger partial charge in [0.25, 0.3) is 0 Å². The molecule has 0 aromatic heterocycles. The molecule has 0 aliphatic heterocycles. The molecule has 0 heterocycles. The molecule has 4 amide bonds. The SMILES string of the molecule is CC(C)CC(N)C(=O)NC(Cc1ccccc1)C(=O)NC(=O)[C@H](Cc1ccccc1)C[C@H](O)[C@H](Cc1ccccc1)NC(=O)OCc1ccccc1. The Morgan fingerprint density at radius 1 is 0.615 bits per heavy atom. The van der Waals surface area contributed by atoms with Crippen molar-refractivity contribution in [2.45, 2.75) is 76.8 Å². The summed E-state index contributed by atoms with van der Waals surface area (Å²) in [6.07, 6.45) is -0.948. The van der Waals surface area contributed by atoms with Gasteiger partial charge in [-0.1, -0.05) is 135 Å². The molecule has 2 unspecified atom stereocenters. The number of imide groups is 1. The van der Waals surface area contributed by atoms with Crippen molar-refractivity contribution in [3.8, 4) is 0 Å². The molecular formula is C42H50N4O6. The molecule has 4 rings (SSSR count). The Morgan fingerprint density at radius 2 is 1.10 bits per heavy atom. The number of alkyl carbamates (subject to hydrolysis) is 1. The third kappa shape index (κ3) is 13.4. The van der Waals surface area contributed by atoms with Crippen LogP contribution in [-0.2, 0) is 45.0 Å². The van der Waals surface area contributed by atoms with Gasteiger partial charge in [-0.25, -0.2) is 4.79 Å². The molecule has 0 aliphatic rings. The normalized spacial score (nSPS) is 13.9.